The molecular weight excluding hydrogens is 376 g/mol. The molecule has 1 aromatic carbocycles. The first-order chi connectivity index (χ1) is 13.5. The summed E-state index contributed by atoms with van der Waals surface area (Å²) in [6, 6.07) is 10.2. The summed E-state index contributed by atoms with van der Waals surface area (Å²) in [4.78, 5) is 4.01. The van der Waals surface area contributed by atoms with Crippen LogP contribution in [0.25, 0.3) is 0 Å². The van der Waals surface area contributed by atoms with Crippen molar-refractivity contribution in [3.63, 3.8) is 0 Å². The first-order valence-corrected chi connectivity index (χ1v) is 10.8. The summed E-state index contributed by atoms with van der Waals surface area (Å²) < 4.78 is 30.7. The van der Waals surface area contributed by atoms with Gasteiger partial charge in [0.2, 0.25) is 0 Å². The van der Waals surface area contributed by atoms with E-state index in [4.69, 9.17) is 0 Å². The Morgan fingerprint density at radius 1 is 1.11 bits per heavy atom. The van der Waals surface area contributed by atoms with E-state index in [1.807, 2.05) is 18.2 Å². The zero-order chi connectivity index (χ0) is 19.6. The molecule has 1 aliphatic heterocycles. The highest BCUT2D eigenvalue weighted by Crippen LogP contribution is 2.25. The van der Waals surface area contributed by atoms with Crippen LogP contribution in [0.15, 0.2) is 54.2 Å². The molecule has 0 aliphatic carbocycles. The van der Waals surface area contributed by atoms with Crippen LogP contribution in [0.2, 0.25) is 0 Å². The third-order valence-electron chi connectivity index (χ3n) is 5.22. The number of aromatic nitrogens is 5. The number of imidazole rings is 1. The van der Waals surface area contributed by atoms with Gasteiger partial charge in [-0.3, -0.25) is 0 Å². The molecule has 1 saturated heterocycles. The van der Waals surface area contributed by atoms with Crippen molar-refractivity contribution in [1.82, 2.24) is 28.6 Å². The lowest BCUT2D eigenvalue weighted by atomic mass is 9.94. The SMILES string of the molecule is Cn1cnc(S(=O)(=O)N2CCC(Cc3nncn3Cc3ccccc3)CC2)c1. The van der Waals surface area contributed by atoms with Crippen LogP contribution in [0.4, 0.5) is 0 Å². The average Bonchev–Trinajstić information content (AvgIpc) is 3.33. The fourth-order valence-corrected chi connectivity index (χ4v) is 5.05. The second kappa shape index (κ2) is 7.84. The summed E-state index contributed by atoms with van der Waals surface area (Å²) in [5.41, 5.74) is 1.21. The summed E-state index contributed by atoms with van der Waals surface area (Å²) in [5, 5.41) is 8.49. The molecule has 0 N–H and O–H groups in total. The van der Waals surface area contributed by atoms with Crippen molar-refractivity contribution in [3.8, 4) is 0 Å². The molecule has 28 heavy (non-hydrogen) atoms. The highest BCUT2D eigenvalue weighted by atomic mass is 32.2. The van der Waals surface area contributed by atoms with E-state index in [1.54, 1.807) is 28.4 Å². The van der Waals surface area contributed by atoms with Gasteiger partial charge in [-0.25, -0.2) is 13.4 Å². The molecule has 0 spiro atoms. The molecule has 3 heterocycles. The predicted molar refractivity (Wildman–Crippen MR) is 104 cm³/mol. The number of hydrogen-bond acceptors (Lipinski definition) is 5. The molecule has 0 bridgehead atoms. The van der Waals surface area contributed by atoms with Gasteiger partial charge in [0.05, 0.1) is 12.9 Å². The summed E-state index contributed by atoms with van der Waals surface area (Å²) in [5.74, 6) is 1.35. The molecular formula is C19H24N6O2S. The Morgan fingerprint density at radius 2 is 1.86 bits per heavy atom. The van der Waals surface area contributed by atoms with Gasteiger partial charge in [-0.05, 0) is 24.3 Å². The quantitative estimate of drug-likeness (QED) is 0.629. The van der Waals surface area contributed by atoms with Crippen LogP contribution in [0.5, 0.6) is 0 Å². The van der Waals surface area contributed by atoms with Crippen molar-refractivity contribution in [2.24, 2.45) is 13.0 Å². The fraction of sp³-hybridized carbons (Fsp3) is 0.421. The van der Waals surface area contributed by atoms with Gasteiger partial charge in [0.1, 0.15) is 12.2 Å². The standard InChI is InChI=1S/C19H24N6O2S/c1-23-13-19(20-14-23)28(26,27)25-9-7-16(8-10-25)11-18-22-21-15-24(18)12-17-5-3-2-4-6-17/h2-6,13-16H,7-12H2,1H3. The molecule has 1 fully saturated rings. The van der Waals surface area contributed by atoms with Crippen molar-refractivity contribution in [2.45, 2.75) is 30.8 Å². The Hall–Kier alpha value is -2.52. The largest absolute Gasteiger partial charge is 0.339 e. The average molecular weight is 401 g/mol. The number of rotatable bonds is 6. The molecule has 3 aromatic rings. The lowest BCUT2D eigenvalue weighted by Crippen LogP contribution is -2.39. The van der Waals surface area contributed by atoms with Gasteiger partial charge in [-0.1, -0.05) is 30.3 Å². The Balaban J connectivity index is 1.37. The first-order valence-electron chi connectivity index (χ1n) is 9.41. The zero-order valence-electron chi connectivity index (χ0n) is 15.8. The first kappa shape index (κ1) is 18.8. The number of piperidine rings is 1. The van der Waals surface area contributed by atoms with Crippen LogP contribution in [-0.4, -0.2) is 50.1 Å². The normalized spacial score (nSPS) is 16.5. The van der Waals surface area contributed by atoms with E-state index in [-0.39, 0.29) is 5.03 Å². The third kappa shape index (κ3) is 4.00. The Kier molecular flexibility index (Phi) is 5.27. The summed E-state index contributed by atoms with van der Waals surface area (Å²) in [6.07, 6.45) is 7.26. The summed E-state index contributed by atoms with van der Waals surface area (Å²) in [6.45, 7) is 1.77. The minimum absolute atomic E-state index is 0.121. The summed E-state index contributed by atoms with van der Waals surface area (Å²) in [7, 11) is -1.74. The van der Waals surface area contributed by atoms with Gasteiger partial charge >= 0.3 is 0 Å². The molecule has 9 heteroatoms. The Labute approximate surface area is 164 Å². The van der Waals surface area contributed by atoms with Gasteiger partial charge in [0.25, 0.3) is 10.0 Å². The van der Waals surface area contributed by atoms with Gasteiger partial charge in [-0.2, -0.15) is 4.31 Å². The van der Waals surface area contributed by atoms with Gasteiger partial charge in [0, 0.05) is 32.8 Å². The molecule has 0 radical (unpaired) electrons. The molecule has 2 aromatic heterocycles. The maximum Gasteiger partial charge on any atom is 0.262 e. The van der Waals surface area contributed by atoms with Crippen molar-refractivity contribution < 1.29 is 8.42 Å². The van der Waals surface area contributed by atoms with Crippen molar-refractivity contribution >= 4 is 10.0 Å². The molecule has 1 aliphatic rings. The van der Waals surface area contributed by atoms with Crippen LogP contribution in [0, 0.1) is 5.92 Å². The second-order valence-corrected chi connectivity index (χ2v) is 9.17. The molecule has 0 unspecified atom stereocenters. The number of sulfonamides is 1. The number of benzene rings is 1. The molecule has 4 rings (SSSR count). The van der Waals surface area contributed by atoms with Crippen LogP contribution in [0.3, 0.4) is 0 Å². The van der Waals surface area contributed by atoms with Crippen molar-refractivity contribution in [1.29, 1.82) is 0 Å². The van der Waals surface area contributed by atoms with Gasteiger partial charge < -0.3 is 9.13 Å². The Morgan fingerprint density at radius 3 is 2.54 bits per heavy atom. The molecule has 0 amide bonds. The van der Waals surface area contributed by atoms with Crippen LogP contribution in [0.1, 0.15) is 24.2 Å². The van der Waals surface area contributed by atoms with E-state index in [9.17, 15) is 8.42 Å². The lowest BCUT2D eigenvalue weighted by molar-refractivity contribution is 0.268. The minimum Gasteiger partial charge on any atom is -0.339 e. The number of hydrogen-bond donors (Lipinski definition) is 0. The van der Waals surface area contributed by atoms with Gasteiger partial charge in [-0.15, -0.1) is 10.2 Å². The van der Waals surface area contributed by atoms with E-state index < -0.39 is 10.0 Å². The molecule has 0 saturated carbocycles. The lowest BCUT2D eigenvalue weighted by Gasteiger charge is -2.30. The maximum absolute atomic E-state index is 12.7. The molecule has 148 valence electrons. The topological polar surface area (TPSA) is 85.9 Å². The summed E-state index contributed by atoms with van der Waals surface area (Å²) >= 11 is 0. The molecule has 8 nitrogen and oxygen atoms in total. The van der Waals surface area contributed by atoms with Gasteiger partial charge in [0.15, 0.2) is 5.03 Å². The van der Waals surface area contributed by atoms with E-state index >= 15 is 0 Å². The monoisotopic (exact) mass is 400 g/mol. The minimum atomic E-state index is -3.51. The highest BCUT2D eigenvalue weighted by Gasteiger charge is 2.31. The van der Waals surface area contributed by atoms with E-state index in [0.717, 1.165) is 31.6 Å². The highest BCUT2D eigenvalue weighted by molar-refractivity contribution is 7.89. The number of aryl methyl sites for hydroxylation is 1. The number of nitrogens with zero attached hydrogens (tertiary/aromatic N) is 6. The maximum atomic E-state index is 12.7. The van der Waals surface area contributed by atoms with E-state index in [2.05, 4.69) is 31.9 Å². The molecule has 0 atom stereocenters. The van der Waals surface area contributed by atoms with E-state index in [1.165, 1.54) is 11.9 Å². The third-order valence-corrected chi connectivity index (χ3v) is 7.01. The predicted octanol–water partition coefficient (Wildman–Crippen LogP) is 1.70. The van der Waals surface area contributed by atoms with Crippen LogP contribution < -0.4 is 0 Å². The second-order valence-electron chi connectivity index (χ2n) is 7.29. The zero-order valence-corrected chi connectivity index (χ0v) is 16.7. The van der Waals surface area contributed by atoms with Crippen molar-refractivity contribution in [3.05, 3.63) is 60.6 Å². The smallest absolute Gasteiger partial charge is 0.262 e. The van der Waals surface area contributed by atoms with Crippen molar-refractivity contribution in [2.75, 3.05) is 13.1 Å². The van der Waals surface area contributed by atoms with Crippen LogP contribution >= 0.6 is 0 Å². The fourth-order valence-electron chi connectivity index (χ4n) is 3.62. The van der Waals surface area contributed by atoms with E-state index in [0.29, 0.717) is 19.0 Å². The van der Waals surface area contributed by atoms with Crippen LogP contribution in [-0.2, 0) is 30.0 Å². The Bertz CT molecular complexity index is 1020.